The molecule has 7 heteroatoms. The Morgan fingerprint density at radius 3 is 2.54 bits per heavy atom. The number of anilines is 1. The lowest BCUT2D eigenvalue weighted by molar-refractivity contribution is -0.113. The molecular formula is C19H15NO4S2. The van der Waals surface area contributed by atoms with Crippen LogP contribution in [0.5, 0.6) is 5.75 Å². The normalized spacial score (nSPS) is 15.6. The lowest BCUT2D eigenvalue weighted by Gasteiger charge is -2.15. The molecule has 1 fully saturated rings. The van der Waals surface area contributed by atoms with E-state index in [-0.39, 0.29) is 11.5 Å². The Kier molecular flexibility index (Phi) is 5.11. The second kappa shape index (κ2) is 7.31. The van der Waals surface area contributed by atoms with Gasteiger partial charge in [-0.3, -0.25) is 9.69 Å². The van der Waals surface area contributed by atoms with E-state index in [1.54, 1.807) is 32.2 Å². The highest BCUT2D eigenvalue weighted by molar-refractivity contribution is 8.27. The first kappa shape index (κ1) is 18.2. The van der Waals surface area contributed by atoms with Crippen molar-refractivity contribution in [2.24, 2.45) is 0 Å². The number of thioether (sulfide) groups is 1. The molecule has 0 radical (unpaired) electrons. The summed E-state index contributed by atoms with van der Waals surface area (Å²) in [6.45, 7) is 1.71. The van der Waals surface area contributed by atoms with Crippen molar-refractivity contribution < 1.29 is 19.4 Å². The second-order valence-corrected chi connectivity index (χ2v) is 7.27. The number of carboxylic acid groups (broad SMARTS) is 1. The molecule has 1 N–H and O–H groups in total. The number of carboxylic acids is 1. The Balaban J connectivity index is 1.92. The summed E-state index contributed by atoms with van der Waals surface area (Å²) in [5, 5.41) is 9.29. The van der Waals surface area contributed by atoms with E-state index in [1.807, 2.05) is 24.3 Å². The minimum absolute atomic E-state index is 0.149. The third kappa shape index (κ3) is 3.49. The maximum atomic E-state index is 12.8. The van der Waals surface area contributed by atoms with Crippen molar-refractivity contribution >= 4 is 51.9 Å². The third-order valence-electron chi connectivity index (χ3n) is 3.92. The van der Waals surface area contributed by atoms with Crippen molar-refractivity contribution in [3.05, 3.63) is 64.1 Å². The van der Waals surface area contributed by atoms with Gasteiger partial charge in [0.25, 0.3) is 5.91 Å². The molecule has 1 amide bonds. The van der Waals surface area contributed by atoms with E-state index in [0.717, 1.165) is 11.3 Å². The van der Waals surface area contributed by atoms with Gasteiger partial charge in [-0.05, 0) is 48.4 Å². The average Bonchev–Trinajstić information content (AvgIpc) is 2.89. The average molecular weight is 385 g/mol. The fourth-order valence-electron chi connectivity index (χ4n) is 2.52. The maximum absolute atomic E-state index is 12.8. The summed E-state index contributed by atoms with van der Waals surface area (Å²) >= 11 is 6.52. The number of aromatic carboxylic acids is 1. The van der Waals surface area contributed by atoms with E-state index in [9.17, 15) is 14.7 Å². The molecule has 0 bridgehead atoms. The van der Waals surface area contributed by atoms with E-state index >= 15 is 0 Å². The molecule has 0 unspecified atom stereocenters. The molecular weight excluding hydrogens is 370 g/mol. The SMILES string of the molecule is COc1ccc(C=C2SC(=S)N(c3ccc(C)c(C(=O)O)c3)C2=O)cc1. The molecule has 1 aliphatic rings. The van der Waals surface area contributed by atoms with Gasteiger partial charge in [0.05, 0.1) is 23.3 Å². The summed E-state index contributed by atoms with van der Waals surface area (Å²) in [7, 11) is 1.59. The van der Waals surface area contributed by atoms with Crippen LogP contribution in [0.25, 0.3) is 6.08 Å². The van der Waals surface area contributed by atoms with Gasteiger partial charge in [0, 0.05) is 0 Å². The van der Waals surface area contributed by atoms with E-state index < -0.39 is 5.97 Å². The number of ether oxygens (including phenoxy) is 1. The zero-order valence-electron chi connectivity index (χ0n) is 14.1. The highest BCUT2D eigenvalue weighted by atomic mass is 32.2. The molecule has 2 aromatic carbocycles. The number of nitrogens with zero attached hydrogens (tertiary/aromatic N) is 1. The number of benzene rings is 2. The Labute approximate surface area is 160 Å². The van der Waals surface area contributed by atoms with Crippen LogP contribution in [0, 0.1) is 6.92 Å². The summed E-state index contributed by atoms with van der Waals surface area (Å²) < 4.78 is 5.49. The van der Waals surface area contributed by atoms with Crippen LogP contribution in [0.4, 0.5) is 5.69 Å². The summed E-state index contributed by atoms with van der Waals surface area (Å²) in [5.74, 6) is -0.574. The second-order valence-electron chi connectivity index (χ2n) is 5.59. The summed E-state index contributed by atoms with van der Waals surface area (Å²) in [4.78, 5) is 26.0. The zero-order valence-corrected chi connectivity index (χ0v) is 15.7. The fraction of sp³-hybridized carbons (Fsp3) is 0.105. The van der Waals surface area contributed by atoms with E-state index in [4.69, 9.17) is 17.0 Å². The Morgan fingerprint density at radius 2 is 1.92 bits per heavy atom. The molecule has 26 heavy (non-hydrogen) atoms. The first-order valence-corrected chi connectivity index (χ1v) is 8.89. The number of rotatable bonds is 4. The number of hydrogen-bond donors (Lipinski definition) is 1. The predicted octanol–water partition coefficient (Wildman–Crippen LogP) is 4.11. The summed E-state index contributed by atoms with van der Waals surface area (Å²) in [6.07, 6.45) is 1.75. The van der Waals surface area contributed by atoms with E-state index in [0.29, 0.717) is 20.5 Å². The molecule has 1 aliphatic heterocycles. The molecule has 3 rings (SSSR count). The number of aryl methyl sites for hydroxylation is 1. The maximum Gasteiger partial charge on any atom is 0.336 e. The summed E-state index contributed by atoms with van der Waals surface area (Å²) in [5.41, 5.74) is 2.08. The Bertz CT molecular complexity index is 935. The highest BCUT2D eigenvalue weighted by Crippen LogP contribution is 2.36. The van der Waals surface area contributed by atoms with Gasteiger partial charge < -0.3 is 9.84 Å². The minimum atomic E-state index is -1.04. The van der Waals surface area contributed by atoms with Crippen LogP contribution in [0.2, 0.25) is 0 Å². The van der Waals surface area contributed by atoms with E-state index in [1.165, 1.54) is 22.7 Å². The number of methoxy groups -OCH3 is 1. The molecule has 0 aliphatic carbocycles. The van der Waals surface area contributed by atoms with Gasteiger partial charge in [-0.15, -0.1) is 0 Å². The lowest BCUT2D eigenvalue weighted by atomic mass is 10.1. The topological polar surface area (TPSA) is 66.8 Å². The molecule has 0 spiro atoms. The van der Waals surface area contributed by atoms with Crippen LogP contribution in [-0.4, -0.2) is 28.4 Å². The van der Waals surface area contributed by atoms with Gasteiger partial charge in [0.1, 0.15) is 5.75 Å². The van der Waals surface area contributed by atoms with Crippen LogP contribution in [0.1, 0.15) is 21.5 Å². The molecule has 0 saturated carbocycles. The number of carbonyl (C=O) groups excluding carboxylic acids is 1. The minimum Gasteiger partial charge on any atom is -0.497 e. The fourth-order valence-corrected chi connectivity index (χ4v) is 3.82. The van der Waals surface area contributed by atoms with Crippen LogP contribution in [0.3, 0.4) is 0 Å². The molecule has 5 nitrogen and oxygen atoms in total. The lowest BCUT2D eigenvalue weighted by Crippen LogP contribution is -2.27. The van der Waals surface area contributed by atoms with Crippen molar-refractivity contribution in [2.75, 3.05) is 12.0 Å². The number of thiocarbonyl (C=S) groups is 1. The van der Waals surface area contributed by atoms with Crippen molar-refractivity contribution in [2.45, 2.75) is 6.92 Å². The first-order chi connectivity index (χ1) is 12.4. The van der Waals surface area contributed by atoms with Crippen LogP contribution in [0.15, 0.2) is 47.4 Å². The number of amides is 1. The number of hydrogen-bond acceptors (Lipinski definition) is 5. The molecule has 0 atom stereocenters. The van der Waals surface area contributed by atoms with Crippen molar-refractivity contribution in [3.63, 3.8) is 0 Å². The summed E-state index contributed by atoms with van der Waals surface area (Å²) in [6, 6.07) is 12.2. The monoisotopic (exact) mass is 385 g/mol. The highest BCUT2D eigenvalue weighted by Gasteiger charge is 2.33. The Morgan fingerprint density at radius 1 is 1.23 bits per heavy atom. The van der Waals surface area contributed by atoms with Gasteiger partial charge in [0.2, 0.25) is 0 Å². The van der Waals surface area contributed by atoms with Gasteiger partial charge in [0.15, 0.2) is 4.32 Å². The van der Waals surface area contributed by atoms with Crippen molar-refractivity contribution in [3.8, 4) is 5.75 Å². The van der Waals surface area contributed by atoms with Gasteiger partial charge in [-0.25, -0.2) is 4.79 Å². The number of carbonyl (C=O) groups is 2. The van der Waals surface area contributed by atoms with Crippen LogP contribution >= 0.6 is 24.0 Å². The van der Waals surface area contributed by atoms with Crippen molar-refractivity contribution in [1.29, 1.82) is 0 Å². The smallest absolute Gasteiger partial charge is 0.336 e. The zero-order chi connectivity index (χ0) is 18.8. The quantitative estimate of drug-likeness (QED) is 0.631. The van der Waals surface area contributed by atoms with Crippen molar-refractivity contribution in [1.82, 2.24) is 0 Å². The van der Waals surface area contributed by atoms with Gasteiger partial charge in [-0.2, -0.15) is 0 Å². The molecule has 1 heterocycles. The first-order valence-electron chi connectivity index (χ1n) is 7.66. The largest absolute Gasteiger partial charge is 0.497 e. The van der Waals surface area contributed by atoms with Crippen LogP contribution in [-0.2, 0) is 4.79 Å². The molecule has 1 saturated heterocycles. The standard InChI is InChI=1S/C19H15NO4S2/c1-11-3-6-13(10-15(11)18(22)23)20-17(21)16(26-19(20)25)9-12-4-7-14(24-2)8-5-12/h3-10H,1-2H3,(H,22,23). The third-order valence-corrected chi connectivity index (χ3v) is 5.22. The van der Waals surface area contributed by atoms with E-state index in [2.05, 4.69) is 0 Å². The molecule has 0 aromatic heterocycles. The molecule has 132 valence electrons. The Hall–Kier alpha value is -2.64. The van der Waals surface area contributed by atoms with Gasteiger partial charge in [-0.1, -0.05) is 42.2 Å². The predicted molar refractivity (Wildman–Crippen MR) is 107 cm³/mol. The molecule has 2 aromatic rings. The van der Waals surface area contributed by atoms with Crippen LogP contribution < -0.4 is 9.64 Å². The van der Waals surface area contributed by atoms with Gasteiger partial charge >= 0.3 is 5.97 Å².